The van der Waals surface area contributed by atoms with Gasteiger partial charge in [0.25, 0.3) is 0 Å². The van der Waals surface area contributed by atoms with Crippen LogP contribution in [0.15, 0.2) is 46.7 Å². The standard InChI is InChI=1S/C10H14N2O4S2/c1-2-3-8-12-18(15,16)10-6-4-9(5-7-10)17(11,13)14/h2,4-7,12H,1,3,8H2,(H2,11,13,14). The minimum atomic E-state index is -3.81. The van der Waals surface area contributed by atoms with Crippen LogP contribution in [0, 0.1) is 0 Å². The molecule has 3 N–H and O–H groups in total. The van der Waals surface area contributed by atoms with Crippen LogP contribution in [0.25, 0.3) is 0 Å². The highest BCUT2D eigenvalue weighted by Gasteiger charge is 2.14. The summed E-state index contributed by atoms with van der Waals surface area (Å²) in [5.41, 5.74) is 0. The highest BCUT2D eigenvalue weighted by atomic mass is 32.2. The van der Waals surface area contributed by atoms with Crippen molar-refractivity contribution in [2.24, 2.45) is 5.14 Å². The summed E-state index contributed by atoms with van der Waals surface area (Å²) in [6, 6.07) is 4.68. The molecule has 0 aliphatic carbocycles. The maximum atomic E-state index is 11.7. The molecule has 1 rings (SSSR count). The first-order valence-corrected chi connectivity index (χ1v) is 8.04. The third-order valence-electron chi connectivity index (χ3n) is 2.10. The van der Waals surface area contributed by atoms with E-state index < -0.39 is 20.0 Å². The molecule has 1 aromatic rings. The van der Waals surface area contributed by atoms with Crippen molar-refractivity contribution in [1.29, 1.82) is 0 Å². The van der Waals surface area contributed by atoms with Crippen molar-refractivity contribution in [3.63, 3.8) is 0 Å². The summed E-state index contributed by atoms with van der Waals surface area (Å²) in [4.78, 5) is -0.147. The molecule has 6 nitrogen and oxygen atoms in total. The van der Waals surface area contributed by atoms with Crippen LogP contribution in [0.1, 0.15) is 6.42 Å². The molecule has 0 bridgehead atoms. The molecule has 1 aromatic carbocycles. The summed E-state index contributed by atoms with van der Waals surface area (Å²) in [7, 11) is -7.44. The fraction of sp³-hybridized carbons (Fsp3) is 0.200. The van der Waals surface area contributed by atoms with E-state index >= 15 is 0 Å². The number of primary sulfonamides is 1. The minimum Gasteiger partial charge on any atom is -0.225 e. The number of rotatable bonds is 6. The molecular formula is C10H14N2O4S2. The predicted molar refractivity (Wildman–Crippen MR) is 67.8 cm³/mol. The Labute approximate surface area is 107 Å². The van der Waals surface area contributed by atoms with Gasteiger partial charge in [0.1, 0.15) is 0 Å². The van der Waals surface area contributed by atoms with Crippen LogP contribution >= 0.6 is 0 Å². The molecule has 0 heterocycles. The van der Waals surface area contributed by atoms with Gasteiger partial charge in [-0.05, 0) is 30.7 Å². The number of hydrogen-bond acceptors (Lipinski definition) is 4. The van der Waals surface area contributed by atoms with E-state index in [1.165, 1.54) is 12.1 Å². The molecule has 0 aromatic heterocycles. The maximum Gasteiger partial charge on any atom is 0.240 e. The van der Waals surface area contributed by atoms with Crippen LogP contribution < -0.4 is 9.86 Å². The van der Waals surface area contributed by atoms with Gasteiger partial charge in [-0.15, -0.1) is 6.58 Å². The minimum absolute atomic E-state index is 0.0148. The number of benzene rings is 1. The average molecular weight is 290 g/mol. The van der Waals surface area contributed by atoms with E-state index in [0.717, 1.165) is 12.1 Å². The van der Waals surface area contributed by atoms with Gasteiger partial charge in [-0.2, -0.15) is 0 Å². The van der Waals surface area contributed by atoms with Gasteiger partial charge in [0.15, 0.2) is 0 Å². The zero-order chi connectivity index (χ0) is 13.8. The first kappa shape index (κ1) is 14.8. The monoisotopic (exact) mass is 290 g/mol. The summed E-state index contributed by atoms with van der Waals surface area (Å²) in [5, 5.41) is 4.91. The first-order chi connectivity index (χ1) is 8.27. The number of nitrogens with two attached hydrogens (primary N) is 1. The quantitative estimate of drug-likeness (QED) is 0.576. The lowest BCUT2D eigenvalue weighted by Crippen LogP contribution is -2.24. The molecule has 0 saturated heterocycles. The molecule has 18 heavy (non-hydrogen) atoms. The number of sulfonamides is 2. The largest absolute Gasteiger partial charge is 0.240 e. The van der Waals surface area contributed by atoms with Crippen LogP contribution in [-0.4, -0.2) is 23.4 Å². The van der Waals surface area contributed by atoms with Gasteiger partial charge >= 0.3 is 0 Å². The average Bonchev–Trinajstić information content (AvgIpc) is 2.28. The number of nitrogens with one attached hydrogen (secondary N) is 1. The molecular weight excluding hydrogens is 276 g/mol. The lowest BCUT2D eigenvalue weighted by atomic mass is 10.4. The highest BCUT2D eigenvalue weighted by Crippen LogP contribution is 2.13. The fourth-order valence-corrected chi connectivity index (χ4v) is 2.75. The molecule has 0 fully saturated rings. The lowest BCUT2D eigenvalue weighted by molar-refractivity contribution is 0.581. The fourth-order valence-electron chi connectivity index (χ4n) is 1.19. The van der Waals surface area contributed by atoms with Crippen molar-refractivity contribution in [3.05, 3.63) is 36.9 Å². The van der Waals surface area contributed by atoms with Crippen LogP contribution in [0.4, 0.5) is 0 Å². The van der Waals surface area contributed by atoms with Gasteiger partial charge < -0.3 is 0 Å². The predicted octanol–water partition coefficient (Wildman–Crippen LogP) is 0.188. The number of hydrogen-bond donors (Lipinski definition) is 2. The van der Waals surface area contributed by atoms with Crippen LogP contribution in [0.5, 0.6) is 0 Å². The van der Waals surface area contributed by atoms with Crippen LogP contribution in [-0.2, 0) is 20.0 Å². The Morgan fingerprint density at radius 2 is 1.61 bits per heavy atom. The summed E-state index contributed by atoms with van der Waals surface area (Å²) >= 11 is 0. The van der Waals surface area contributed by atoms with Crippen molar-refractivity contribution < 1.29 is 16.8 Å². The Kier molecular flexibility index (Phi) is 4.63. The normalized spacial score (nSPS) is 12.3. The van der Waals surface area contributed by atoms with Gasteiger partial charge in [0.05, 0.1) is 9.79 Å². The lowest BCUT2D eigenvalue weighted by Gasteiger charge is -2.06. The van der Waals surface area contributed by atoms with Gasteiger partial charge in [-0.25, -0.2) is 26.7 Å². The smallest absolute Gasteiger partial charge is 0.225 e. The summed E-state index contributed by atoms with van der Waals surface area (Å²) in [6.07, 6.45) is 2.10. The second-order valence-electron chi connectivity index (χ2n) is 3.49. The van der Waals surface area contributed by atoms with Crippen molar-refractivity contribution in [2.75, 3.05) is 6.54 Å². The first-order valence-electron chi connectivity index (χ1n) is 5.01. The van der Waals surface area contributed by atoms with Crippen LogP contribution in [0.2, 0.25) is 0 Å². The van der Waals surface area contributed by atoms with Crippen molar-refractivity contribution in [2.45, 2.75) is 16.2 Å². The Morgan fingerprint density at radius 1 is 1.11 bits per heavy atom. The molecule has 0 radical (unpaired) electrons. The second kappa shape index (κ2) is 5.61. The maximum absolute atomic E-state index is 11.7. The third-order valence-corrected chi connectivity index (χ3v) is 4.51. The Morgan fingerprint density at radius 3 is 2.06 bits per heavy atom. The SMILES string of the molecule is C=CCCNS(=O)(=O)c1ccc(S(N)(=O)=O)cc1. The Balaban J connectivity index is 2.95. The zero-order valence-electron chi connectivity index (χ0n) is 9.53. The van der Waals surface area contributed by atoms with E-state index in [9.17, 15) is 16.8 Å². The summed E-state index contributed by atoms with van der Waals surface area (Å²) < 4.78 is 47.9. The van der Waals surface area contributed by atoms with Crippen molar-refractivity contribution >= 4 is 20.0 Å². The van der Waals surface area contributed by atoms with E-state index in [2.05, 4.69) is 11.3 Å². The highest BCUT2D eigenvalue weighted by molar-refractivity contribution is 7.89. The Hall–Kier alpha value is -1.22. The van der Waals surface area contributed by atoms with E-state index in [-0.39, 0.29) is 16.3 Å². The second-order valence-corrected chi connectivity index (χ2v) is 6.82. The van der Waals surface area contributed by atoms with Gasteiger partial charge in [0, 0.05) is 6.54 Å². The third kappa shape index (κ3) is 3.91. The summed E-state index contributed by atoms with van der Waals surface area (Å²) in [5.74, 6) is 0. The molecule has 0 unspecified atom stereocenters. The van der Waals surface area contributed by atoms with Crippen molar-refractivity contribution in [3.8, 4) is 0 Å². The molecule has 0 atom stereocenters. The topological polar surface area (TPSA) is 106 Å². The molecule has 0 spiro atoms. The zero-order valence-corrected chi connectivity index (χ0v) is 11.2. The molecule has 0 aliphatic heterocycles. The molecule has 0 amide bonds. The van der Waals surface area contributed by atoms with Crippen molar-refractivity contribution in [1.82, 2.24) is 4.72 Å². The molecule has 0 saturated carbocycles. The van der Waals surface area contributed by atoms with Gasteiger partial charge in [-0.3, -0.25) is 0 Å². The van der Waals surface area contributed by atoms with Crippen LogP contribution in [0.3, 0.4) is 0 Å². The van der Waals surface area contributed by atoms with E-state index in [1.54, 1.807) is 6.08 Å². The molecule has 8 heteroatoms. The molecule has 100 valence electrons. The molecule has 0 aliphatic rings. The van der Waals surface area contributed by atoms with E-state index in [1.807, 2.05) is 0 Å². The van der Waals surface area contributed by atoms with E-state index in [4.69, 9.17) is 5.14 Å². The van der Waals surface area contributed by atoms with Gasteiger partial charge in [0.2, 0.25) is 20.0 Å². The van der Waals surface area contributed by atoms with E-state index in [0.29, 0.717) is 6.42 Å². The summed E-state index contributed by atoms with van der Waals surface area (Å²) in [6.45, 7) is 3.72. The van der Waals surface area contributed by atoms with Gasteiger partial charge in [-0.1, -0.05) is 6.08 Å². The Bertz CT molecular complexity index is 618.